The van der Waals surface area contributed by atoms with Crippen molar-refractivity contribution < 1.29 is 42.6 Å². The van der Waals surface area contributed by atoms with Crippen LogP contribution in [0.5, 0.6) is 5.75 Å². The SMILES string of the molecule is CCCCCCCC/C=C\CCCCCCCC(=O)OC(C(=O)N(OC(=O)CCCCCCC/C=C\CCCCCCCC)c1cc2c(Nc3ccc(F)c(Cl)c3)ncnc2cc1OCCOC)=C1CCN(CCOC)CC1. The fraction of sp³-hybridized carbons (Fsp3) is 0.635. The molecule has 0 unspecified atom stereocenters. The summed E-state index contributed by atoms with van der Waals surface area (Å²) in [6.45, 7) is 7.27. The first-order chi connectivity index (χ1) is 38.2. The van der Waals surface area contributed by atoms with Gasteiger partial charge in [-0.1, -0.05) is 152 Å². The van der Waals surface area contributed by atoms with Crippen LogP contribution in [0.25, 0.3) is 10.9 Å². The Morgan fingerprint density at radius 3 is 1.76 bits per heavy atom. The van der Waals surface area contributed by atoms with E-state index >= 15 is 4.79 Å². The maximum atomic E-state index is 15.4. The van der Waals surface area contributed by atoms with E-state index in [0.29, 0.717) is 79.9 Å². The molecule has 0 atom stereocenters. The smallest absolute Gasteiger partial charge is 0.333 e. The number of halogens is 2. The third-order valence-corrected chi connectivity index (χ3v) is 14.4. The zero-order valence-corrected chi connectivity index (χ0v) is 48.8. The molecule has 1 aliphatic heterocycles. The molecular formula is C63H95ClFN5O8. The van der Waals surface area contributed by atoms with E-state index < -0.39 is 23.7 Å². The Bertz CT molecular complexity index is 2270. The quantitative estimate of drug-likeness (QED) is 0.0144. The first-order valence-corrected chi connectivity index (χ1v) is 30.2. The zero-order valence-electron chi connectivity index (χ0n) is 48.0. The van der Waals surface area contributed by atoms with Crippen molar-refractivity contribution in [2.24, 2.45) is 0 Å². The van der Waals surface area contributed by atoms with Gasteiger partial charge in [-0.25, -0.2) is 19.2 Å². The number of carbonyl (C=O) groups excluding carboxylic acids is 3. The number of allylic oxidation sites excluding steroid dienone is 4. The predicted molar refractivity (Wildman–Crippen MR) is 315 cm³/mol. The Balaban J connectivity index is 1.55. The van der Waals surface area contributed by atoms with Gasteiger partial charge in [0.25, 0.3) is 0 Å². The lowest BCUT2D eigenvalue weighted by Gasteiger charge is -2.30. The normalized spacial score (nSPS) is 13.0. The highest BCUT2D eigenvalue weighted by atomic mass is 35.5. The summed E-state index contributed by atoms with van der Waals surface area (Å²) in [5, 5.41) is 4.43. The highest BCUT2D eigenvalue weighted by Gasteiger charge is 2.34. The van der Waals surface area contributed by atoms with Crippen LogP contribution in [0.15, 0.2) is 72.3 Å². The first-order valence-electron chi connectivity index (χ1n) is 29.8. The summed E-state index contributed by atoms with van der Waals surface area (Å²) >= 11 is 6.16. The topological polar surface area (TPSA) is 142 Å². The summed E-state index contributed by atoms with van der Waals surface area (Å²) < 4.78 is 37.3. The number of likely N-dealkylation sites (tertiary alicyclic amines) is 1. The monoisotopic (exact) mass is 1100 g/mol. The third-order valence-electron chi connectivity index (χ3n) is 14.1. The number of unbranched alkanes of at least 4 members (excludes halogenated alkanes) is 22. The van der Waals surface area contributed by atoms with Crippen LogP contribution in [0, 0.1) is 5.82 Å². The molecule has 1 saturated heterocycles. The molecule has 13 nitrogen and oxygen atoms in total. The van der Waals surface area contributed by atoms with Gasteiger partial charge >= 0.3 is 17.8 Å². The number of benzene rings is 2. The number of methoxy groups -OCH3 is 2. The van der Waals surface area contributed by atoms with Crippen molar-refractivity contribution >= 4 is 57.5 Å². The Labute approximate surface area is 472 Å². The molecule has 0 spiro atoms. The van der Waals surface area contributed by atoms with Gasteiger partial charge in [0.1, 0.15) is 36.0 Å². The number of rotatable bonds is 42. The van der Waals surface area contributed by atoms with Crippen LogP contribution in [0.3, 0.4) is 0 Å². The minimum atomic E-state index is -0.821. The first kappa shape index (κ1) is 65.6. The van der Waals surface area contributed by atoms with Gasteiger partial charge in [-0.05, 0) is 107 Å². The van der Waals surface area contributed by atoms with Crippen LogP contribution in [-0.4, -0.2) is 86.4 Å². The molecule has 0 saturated carbocycles. The molecule has 1 aromatic heterocycles. The van der Waals surface area contributed by atoms with Crippen molar-refractivity contribution in [2.45, 2.75) is 206 Å². The van der Waals surface area contributed by atoms with E-state index in [9.17, 15) is 14.0 Å². The molecule has 0 radical (unpaired) electrons. The molecule has 1 aliphatic rings. The van der Waals surface area contributed by atoms with Crippen molar-refractivity contribution in [3.63, 3.8) is 0 Å². The number of piperidine rings is 1. The lowest BCUT2D eigenvalue weighted by atomic mass is 10.0. The molecule has 1 N–H and O–H groups in total. The lowest BCUT2D eigenvalue weighted by Crippen LogP contribution is -2.39. The second-order valence-corrected chi connectivity index (χ2v) is 21.0. The Morgan fingerprint density at radius 1 is 0.667 bits per heavy atom. The average Bonchev–Trinajstić information content (AvgIpc) is 3.44. The van der Waals surface area contributed by atoms with Crippen LogP contribution in [0.4, 0.5) is 21.6 Å². The number of nitrogens with one attached hydrogen (secondary N) is 1. The van der Waals surface area contributed by atoms with E-state index in [1.165, 1.54) is 102 Å². The molecule has 15 heteroatoms. The number of aromatic nitrogens is 2. The van der Waals surface area contributed by atoms with Crippen LogP contribution >= 0.6 is 11.6 Å². The largest absolute Gasteiger partial charge is 0.489 e. The molecular weight excluding hydrogens is 1010 g/mol. The van der Waals surface area contributed by atoms with E-state index in [-0.39, 0.29) is 48.3 Å². The maximum Gasteiger partial charge on any atom is 0.333 e. The molecule has 78 heavy (non-hydrogen) atoms. The molecule has 4 rings (SSSR count). The highest BCUT2D eigenvalue weighted by Crippen LogP contribution is 2.38. The number of anilines is 3. The zero-order chi connectivity index (χ0) is 55.8. The van der Waals surface area contributed by atoms with E-state index in [0.717, 1.165) is 82.1 Å². The Morgan fingerprint density at radius 2 is 1.21 bits per heavy atom. The standard InChI is InChI=1S/C63H95ClFN5O8/c1-5-7-9-11-13-15-17-19-21-23-25-27-29-31-33-35-59(71)77-61(51-39-41-69(42-40-51)43-44-74-3)63(73)70(78-60(72)36-34-32-30-28-26-24-22-20-18-16-14-12-10-8-6-2)57-48-53-56(49-58(57)76-46-45-75-4)66-50-67-62(53)68-52-37-38-55(65)54(64)47-52/h19-22,37-38,47-50H,5-18,23-36,39-46H2,1-4H3,(H,66,67,68)/b21-19-,22-20-. The predicted octanol–water partition coefficient (Wildman–Crippen LogP) is 16.6. The lowest BCUT2D eigenvalue weighted by molar-refractivity contribution is -0.152. The minimum Gasteiger partial charge on any atom is -0.489 e. The third kappa shape index (κ3) is 26.4. The van der Waals surface area contributed by atoms with Crippen molar-refractivity contribution in [1.29, 1.82) is 0 Å². The molecule has 1 fully saturated rings. The number of ether oxygens (including phenoxy) is 4. The van der Waals surface area contributed by atoms with Crippen molar-refractivity contribution in [1.82, 2.24) is 14.9 Å². The van der Waals surface area contributed by atoms with Crippen LogP contribution < -0.4 is 15.1 Å². The average molecular weight is 1100 g/mol. The van der Waals surface area contributed by atoms with Gasteiger partial charge in [0.2, 0.25) is 0 Å². The summed E-state index contributed by atoms with van der Waals surface area (Å²) in [6.07, 6.45) is 40.8. The van der Waals surface area contributed by atoms with Crippen LogP contribution in [0.1, 0.15) is 206 Å². The van der Waals surface area contributed by atoms with Crippen molar-refractivity contribution in [2.75, 3.05) is 64.1 Å². The van der Waals surface area contributed by atoms with E-state index in [2.05, 4.69) is 58.3 Å². The minimum absolute atomic E-state index is 0.0479. The Kier molecular flexibility index (Phi) is 34.6. The molecule has 2 aromatic carbocycles. The number of esters is 1. The molecule has 1 amide bonds. The van der Waals surface area contributed by atoms with E-state index in [1.54, 1.807) is 26.4 Å². The van der Waals surface area contributed by atoms with Gasteiger partial charge in [-0.3, -0.25) is 9.59 Å². The second-order valence-electron chi connectivity index (χ2n) is 20.6. The van der Waals surface area contributed by atoms with Gasteiger partial charge in [0.15, 0.2) is 5.76 Å². The van der Waals surface area contributed by atoms with Crippen LogP contribution in [0.2, 0.25) is 5.02 Å². The van der Waals surface area contributed by atoms with Gasteiger partial charge < -0.3 is 34.0 Å². The second kappa shape index (κ2) is 41.2. The molecule has 0 bridgehead atoms. The number of hydrogen-bond acceptors (Lipinski definition) is 12. The van der Waals surface area contributed by atoms with Crippen LogP contribution in [-0.2, 0) is 33.4 Å². The van der Waals surface area contributed by atoms with Gasteiger partial charge in [-0.2, -0.15) is 0 Å². The van der Waals surface area contributed by atoms with Gasteiger partial charge in [0, 0.05) is 63.8 Å². The van der Waals surface area contributed by atoms with E-state index in [1.807, 2.05) is 0 Å². The fourth-order valence-electron chi connectivity index (χ4n) is 9.44. The van der Waals surface area contributed by atoms with E-state index in [4.69, 9.17) is 35.4 Å². The summed E-state index contributed by atoms with van der Waals surface area (Å²) in [7, 11) is 3.22. The maximum absolute atomic E-state index is 15.4. The summed E-state index contributed by atoms with van der Waals surface area (Å²) in [5.41, 5.74) is 1.58. The highest BCUT2D eigenvalue weighted by molar-refractivity contribution is 6.31. The van der Waals surface area contributed by atoms with Gasteiger partial charge in [-0.15, -0.1) is 5.06 Å². The summed E-state index contributed by atoms with van der Waals surface area (Å²) in [4.78, 5) is 60.8. The number of fused-ring (bicyclic) bond motifs is 1. The Hall–Kier alpha value is -4.89. The molecule has 434 valence electrons. The van der Waals surface area contributed by atoms with Crippen molar-refractivity contribution in [3.8, 4) is 5.75 Å². The number of hydroxylamine groups is 1. The number of amides is 1. The van der Waals surface area contributed by atoms with Crippen molar-refractivity contribution in [3.05, 3.63) is 83.1 Å². The molecule has 0 aliphatic carbocycles. The number of hydrogen-bond donors (Lipinski definition) is 1. The summed E-state index contributed by atoms with van der Waals surface area (Å²) in [5.74, 6) is -2.27. The number of nitrogens with zero attached hydrogens (tertiary/aromatic N) is 4. The fourth-order valence-corrected chi connectivity index (χ4v) is 9.62. The molecule has 3 aromatic rings. The summed E-state index contributed by atoms with van der Waals surface area (Å²) in [6, 6.07) is 7.43. The molecule has 2 heterocycles. The number of carbonyl (C=O) groups is 3. The van der Waals surface area contributed by atoms with Gasteiger partial charge in [0.05, 0.1) is 23.8 Å².